The molecule has 0 aliphatic rings. The zero-order valence-corrected chi connectivity index (χ0v) is 19.0. The van der Waals surface area contributed by atoms with Gasteiger partial charge in [-0.2, -0.15) is 0 Å². The number of primary amides is 1. The number of hydrogen-bond donors (Lipinski definition) is 1. The highest BCUT2D eigenvalue weighted by Crippen LogP contribution is 2.31. The minimum Gasteiger partial charge on any atom is -0.372 e. The zero-order chi connectivity index (χ0) is 22.5. The average Bonchev–Trinajstić information content (AvgIpc) is 2.72. The predicted octanol–water partition coefficient (Wildman–Crippen LogP) is 5.63. The Morgan fingerprint density at radius 1 is 0.967 bits per heavy atom. The molecule has 0 aromatic heterocycles. The van der Waals surface area contributed by atoms with Crippen LogP contribution < -0.4 is 15.6 Å². The summed E-state index contributed by atoms with van der Waals surface area (Å²) in [5.41, 5.74) is 7.32. The summed E-state index contributed by atoms with van der Waals surface area (Å²) >= 11 is 0. The largest absolute Gasteiger partial charge is 0.372 e. The van der Waals surface area contributed by atoms with Gasteiger partial charge in [0.2, 0.25) is 5.91 Å². The molecule has 0 saturated heterocycles. The minimum absolute atomic E-state index is 0.0645. The molecule has 5 heteroatoms. The van der Waals surface area contributed by atoms with Crippen LogP contribution in [0, 0.1) is 5.41 Å². The molecule has 2 aromatic carbocycles. The van der Waals surface area contributed by atoms with Crippen LogP contribution in [0.3, 0.4) is 0 Å². The lowest BCUT2D eigenvalue weighted by atomic mass is 9.82. The molecule has 162 valence electrons. The van der Waals surface area contributed by atoms with Crippen LogP contribution in [0.2, 0.25) is 0 Å². The van der Waals surface area contributed by atoms with E-state index in [2.05, 4.69) is 27.7 Å². The molecule has 0 heterocycles. The van der Waals surface area contributed by atoms with Gasteiger partial charge in [0.1, 0.15) is 0 Å². The van der Waals surface area contributed by atoms with E-state index in [0.717, 1.165) is 12.8 Å². The van der Waals surface area contributed by atoms with Crippen LogP contribution in [0.1, 0.15) is 76.7 Å². The normalized spacial score (nSPS) is 11.8. The van der Waals surface area contributed by atoms with Gasteiger partial charge in [0, 0.05) is 12.0 Å². The number of amides is 2. The fourth-order valence-corrected chi connectivity index (χ4v) is 2.92. The molecule has 0 unspecified atom stereocenters. The molecule has 0 atom stereocenters. The Hall–Kier alpha value is -2.82. The van der Waals surface area contributed by atoms with E-state index in [1.54, 1.807) is 24.3 Å². The van der Waals surface area contributed by atoms with Crippen LogP contribution >= 0.6 is 0 Å². The highest BCUT2D eigenvalue weighted by molar-refractivity contribution is 5.96. The molecular formula is C25H34N2O3. The smallest absolute Gasteiger partial charge is 0.260 e. The van der Waals surface area contributed by atoms with Gasteiger partial charge in [0.05, 0.1) is 5.69 Å². The molecule has 0 spiro atoms. The van der Waals surface area contributed by atoms with E-state index in [4.69, 9.17) is 10.6 Å². The van der Waals surface area contributed by atoms with Gasteiger partial charge in [-0.05, 0) is 53.1 Å². The predicted molar refractivity (Wildman–Crippen MR) is 122 cm³/mol. The Labute approximate surface area is 180 Å². The zero-order valence-electron chi connectivity index (χ0n) is 19.0. The number of anilines is 1. The number of nitrogens with two attached hydrogens (primary N) is 1. The molecule has 0 radical (unpaired) electrons. The molecule has 0 saturated carbocycles. The van der Waals surface area contributed by atoms with E-state index in [1.807, 2.05) is 38.1 Å². The lowest BCUT2D eigenvalue weighted by Gasteiger charge is -2.28. The summed E-state index contributed by atoms with van der Waals surface area (Å²) in [5.74, 6) is -0.177. The molecule has 0 aliphatic carbocycles. The van der Waals surface area contributed by atoms with Crippen LogP contribution in [0.25, 0.3) is 0 Å². The van der Waals surface area contributed by atoms with Gasteiger partial charge in [0.25, 0.3) is 5.91 Å². The lowest BCUT2D eigenvalue weighted by molar-refractivity contribution is -0.124. The third-order valence-electron chi connectivity index (χ3n) is 5.89. The maximum absolute atomic E-state index is 13.2. The number of hydrogen-bond acceptors (Lipinski definition) is 3. The highest BCUT2D eigenvalue weighted by atomic mass is 16.7. The van der Waals surface area contributed by atoms with Gasteiger partial charge < -0.3 is 10.6 Å². The van der Waals surface area contributed by atoms with Gasteiger partial charge in [0.15, 0.2) is 5.75 Å². The summed E-state index contributed by atoms with van der Waals surface area (Å²) in [7, 11) is 0. The van der Waals surface area contributed by atoms with E-state index in [0.29, 0.717) is 23.4 Å². The van der Waals surface area contributed by atoms with Crippen molar-refractivity contribution in [2.45, 2.75) is 66.2 Å². The fraction of sp³-hybridized carbons (Fsp3) is 0.440. The molecule has 2 amide bonds. The molecule has 5 nitrogen and oxygen atoms in total. The van der Waals surface area contributed by atoms with Crippen LogP contribution in [0.4, 0.5) is 5.69 Å². The monoisotopic (exact) mass is 410 g/mol. The molecular weight excluding hydrogens is 376 g/mol. The van der Waals surface area contributed by atoms with Gasteiger partial charge in [-0.25, -0.2) is 0 Å². The maximum Gasteiger partial charge on any atom is 0.260 e. The Morgan fingerprint density at radius 2 is 1.60 bits per heavy atom. The summed E-state index contributed by atoms with van der Waals surface area (Å²) in [5, 5.41) is 1.27. The molecule has 2 N–H and O–H groups in total. The third-order valence-corrected chi connectivity index (χ3v) is 5.89. The second-order valence-corrected chi connectivity index (χ2v) is 9.15. The second-order valence-electron chi connectivity index (χ2n) is 9.15. The lowest BCUT2D eigenvalue weighted by Crippen LogP contribution is -2.37. The Kier molecular flexibility index (Phi) is 7.30. The summed E-state index contributed by atoms with van der Waals surface area (Å²) < 4.78 is 0. The van der Waals surface area contributed by atoms with Crippen molar-refractivity contribution in [1.29, 1.82) is 0 Å². The topological polar surface area (TPSA) is 72.6 Å². The Bertz CT molecular complexity index is 886. The first-order chi connectivity index (χ1) is 14.0. The van der Waals surface area contributed by atoms with Gasteiger partial charge in [-0.3, -0.25) is 9.59 Å². The Balaban J connectivity index is 2.37. The van der Waals surface area contributed by atoms with E-state index in [1.165, 1.54) is 10.6 Å². The molecule has 30 heavy (non-hydrogen) atoms. The third kappa shape index (κ3) is 5.85. The maximum atomic E-state index is 13.2. The van der Waals surface area contributed by atoms with Crippen molar-refractivity contribution >= 4 is 17.5 Å². The summed E-state index contributed by atoms with van der Waals surface area (Å²) in [6.45, 7) is 12.7. The van der Waals surface area contributed by atoms with Crippen molar-refractivity contribution in [1.82, 2.24) is 0 Å². The number of rotatable bonds is 9. The molecule has 2 rings (SSSR count). The molecule has 0 bridgehead atoms. The first kappa shape index (κ1) is 23.5. The Morgan fingerprint density at radius 3 is 2.13 bits per heavy atom. The quantitative estimate of drug-likeness (QED) is 0.545. The summed E-state index contributed by atoms with van der Waals surface area (Å²) in [6.07, 6.45) is 2.18. The number of hydroxylamine groups is 1. The number of carbonyl (C=O) groups is 2. The van der Waals surface area contributed by atoms with Gasteiger partial charge >= 0.3 is 0 Å². The second kappa shape index (κ2) is 9.33. The number of nitrogens with zero attached hydrogens (tertiary/aromatic N) is 1. The molecule has 0 fully saturated rings. The van der Waals surface area contributed by atoms with E-state index >= 15 is 0 Å². The number of carbonyl (C=O) groups excluding carboxylic acids is 2. The first-order valence-corrected chi connectivity index (χ1v) is 10.5. The van der Waals surface area contributed by atoms with Crippen LogP contribution in [0.5, 0.6) is 5.75 Å². The van der Waals surface area contributed by atoms with Crippen molar-refractivity contribution in [3.05, 3.63) is 59.7 Å². The van der Waals surface area contributed by atoms with Crippen molar-refractivity contribution < 1.29 is 14.4 Å². The SMILES string of the molecule is CCC(C)(C)CC(=O)N(Oc1ccc(C(C)(C)CC)cc1)c1cccc(C(N)=O)c1. The van der Waals surface area contributed by atoms with Gasteiger partial charge in [-0.15, -0.1) is 5.06 Å². The minimum atomic E-state index is -0.552. The molecule has 2 aromatic rings. The van der Waals surface area contributed by atoms with E-state index in [-0.39, 0.29) is 16.7 Å². The van der Waals surface area contributed by atoms with Crippen molar-refractivity contribution in [2.24, 2.45) is 11.1 Å². The van der Waals surface area contributed by atoms with Crippen molar-refractivity contribution in [2.75, 3.05) is 5.06 Å². The average molecular weight is 411 g/mol. The van der Waals surface area contributed by atoms with Crippen molar-refractivity contribution in [3.63, 3.8) is 0 Å². The highest BCUT2D eigenvalue weighted by Gasteiger charge is 2.27. The standard InChI is InChI=1S/C25H34N2O3/c1-7-24(3,4)17-22(28)27(20-11-9-10-18(16-20)23(26)29)30-21-14-12-19(13-15-21)25(5,6)8-2/h9-16H,7-8,17H2,1-6H3,(H2,26,29). The van der Waals surface area contributed by atoms with Crippen molar-refractivity contribution in [3.8, 4) is 5.75 Å². The van der Waals surface area contributed by atoms with Crippen LogP contribution in [-0.4, -0.2) is 11.8 Å². The van der Waals surface area contributed by atoms with E-state index < -0.39 is 5.91 Å². The van der Waals surface area contributed by atoms with Crippen LogP contribution in [0.15, 0.2) is 48.5 Å². The van der Waals surface area contributed by atoms with E-state index in [9.17, 15) is 9.59 Å². The summed E-state index contributed by atoms with van der Waals surface area (Å²) in [4.78, 5) is 30.8. The fourth-order valence-electron chi connectivity index (χ4n) is 2.92. The molecule has 0 aliphatic heterocycles. The van der Waals surface area contributed by atoms with Gasteiger partial charge in [-0.1, -0.05) is 66.2 Å². The summed E-state index contributed by atoms with van der Waals surface area (Å²) in [6, 6.07) is 14.4. The van der Waals surface area contributed by atoms with Crippen LogP contribution in [-0.2, 0) is 10.2 Å². The number of benzene rings is 2. The first-order valence-electron chi connectivity index (χ1n) is 10.5.